The van der Waals surface area contributed by atoms with Gasteiger partial charge in [0.05, 0.1) is 4.92 Å². The van der Waals surface area contributed by atoms with Gasteiger partial charge in [-0.3, -0.25) is 10.1 Å². The number of hydrogen-bond donors (Lipinski definition) is 1. The summed E-state index contributed by atoms with van der Waals surface area (Å²) >= 11 is 0. The SMILES string of the molecule is O=[N+]([O-])c1ccc(CNC2CN3CCC2CC3)cc1. The first-order valence-electron chi connectivity index (χ1n) is 6.91. The molecule has 0 saturated carbocycles. The molecule has 5 heteroatoms. The lowest BCUT2D eigenvalue weighted by Gasteiger charge is -2.45. The lowest BCUT2D eigenvalue weighted by molar-refractivity contribution is -0.384. The van der Waals surface area contributed by atoms with Gasteiger partial charge in [-0.1, -0.05) is 12.1 Å². The Morgan fingerprint density at radius 1 is 1.26 bits per heavy atom. The van der Waals surface area contributed by atoms with E-state index < -0.39 is 0 Å². The van der Waals surface area contributed by atoms with Gasteiger partial charge in [-0.05, 0) is 37.4 Å². The summed E-state index contributed by atoms with van der Waals surface area (Å²) < 4.78 is 0. The third-order valence-corrected chi connectivity index (χ3v) is 4.37. The highest BCUT2D eigenvalue weighted by Gasteiger charge is 2.33. The Kier molecular flexibility index (Phi) is 3.48. The summed E-state index contributed by atoms with van der Waals surface area (Å²) in [4.78, 5) is 12.8. The first-order valence-corrected chi connectivity index (χ1v) is 6.91. The normalized spacial score (nSPS) is 29.4. The second-order valence-electron chi connectivity index (χ2n) is 5.55. The molecule has 0 amide bonds. The quantitative estimate of drug-likeness (QED) is 0.663. The van der Waals surface area contributed by atoms with E-state index in [9.17, 15) is 10.1 Å². The van der Waals surface area contributed by atoms with Crippen LogP contribution in [0.5, 0.6) is 0 Å². The van der Waals surface area contributed by atoms with Crippen LogP contribution in [-0.2, 0) is 6.54 Å². The maximum atomic E-state index is 10.6. The van der Waals surface area contributed by atoms with Gasteiger partial charge < -0.3 is 10.2 Å². The van der Waals surface area contributed by atoms with Crippen molar-refractivity contribution < 1.29 is 4.92 Å². The Balaban J connectivity index is 1.56. The fourth-order valence-corrected chi connectivity index (χ4v) is 3.18. The number of hydrogen-bond acceptors (Lipinski definition) is 4. The fourth-order valence-electron chi connectivity index (χ4n) is 3.18. The molecule has 3 aliphatic rings. The van der Waals surface area contributed by atoms with Gasteiger partial charge in [0.15, 0.2) is 0 Å². The van der Waals surface area contributed by atoms with Crippen LogP contribution in [-0.4, -0.2) is 35.5 Å². The molecule has 1 atom stereocenters. The molecule has 3 fully saturated rings. The molecule has 0 spiro atoms. The van der Waals surface area contributed by atoms with E-state index in [1.54, 1.807) is 12.1 Å². The second kappa shape index (κ2) is 5.27. The Morgan fingerprint density at radius 2 is 1.95 bits per heavy atom. The van der Waals surface area contributed by atoms with Crippen molar-refractivity contribution in [1.29, 1.82) is 0 Å². The highest BCUT2D eigenvalue weighted by atomic mass is 16.6. The predicted octanol–water partition coefficient (Wildman–Crippen LogP) is 1.78. The minimum atomic E-state index is -0.357. The Hall–Kier alpha value is -1.46. The van der Waals surface area contributed by atoms with Crippen molar-refractivity contribution in [3.8, 4) is 0 Å². The van der Waals surface area contributed by atoms with Crippen LogP contribution in [0, 0.1) is 16.0 Å². The molecule has 102 valence electrons. The van der Waals surface area contributed by atoms with E-state index in [2.05, 4.69) is 10.2 Å². The van der Waals surface area contributed by atoms with Gasteiger partial charge in [-0.2, -0.15) is 0 Å². The van der Waals surface area contributed by atoms with Crippen molar-refractivity contribution in [2.45, 2.75) is 25.4 Å². The van der Waals surface area contributed by atoms with Gasteiger partial charge >= 0.3 is 0 Å². The molecule has 1 aromatic carbocycles. The zero-order valence-electron chi connectivity index (χ0n) is 10.9. The number of nitrogens with one attached hydrogen (secondary N) is 1. The van der Waals surface area contributed by atoms with Gasteiger partial charge in [0, 0.05) is 31.3 Å². The summed E-state index contributed by atoms with van der Waals surface area (Å²) in [5.41, 5.74) is 1.27. The molecule has 3 heterocycles. The van der Waals surface area contributed by atoms with E-state index in [4.69, 9.17) is 0 Å². The van der Waals surface area contributed by atoms with Crippen molar-refractivity contribution in [1.82, 2.24) is 10.2 Å². The smallest absolute Gasteiger partial charge is 0.269 e. The highest BCUT2D eigenvalue weighted by Crippen LogP contribution is 2.27. The third kappa shape index (κ3) is 2.77. The number of nitro benzene ring substituents is 1. The van der Waals surface area contributed by atoms with Crippen LogP contribution in [0.15, 0.2) is 24.3 Å². The number of rotatable bonds is 4. The highest BCUT2D eigenvalue weighted by molar-refractivity contribution is 5.32. The molecule has 5 nitrogen and oxygen atoms in total. The summed E-state index contributed by atoms with van der Waals surface area (Å²) in [6.45, 7) is 4.45. The summed E-state index contributed by atoms with van der Waals surface area (Å²) in [5, 5.41) is 14.2. The van der Waals surface area contributed by atoms with Crippen LogP contribution in [0.25, 0.3) is 0 Å². The molecule has 3 saturated heterocycles. The lowest BCUT2D eigenvalue weighted by Crippen LogP contribution is -2.55. The van der Waals surface area contributed by atoms with Crippen molar-refractivity contribution in [2.75, 3.05) is 19.6 Å². The minimum Gasteiger partial charge on any atom is -0.308 e. The monoisotopic (exact) mass is 261 g/mol. The molecule has 1 unspecified atom stereocenters. The average Bonchev–Trinajstić information content (AvgIpc) is 2.47. The van der Waals surface area contributed by atoms with E-state index in [0.29, 0.717) is 6.04 Å². The fraction of sp³-hybridized carbons (Fsp3) is 0.571. The molecule has 19 heavy (non-hydrogen) atoms. The lowest BCUT2D eigenvalue weighted by atomic mass is 9.84. The average molecular weight is 261 g/mol. The first-order chi connectivity index (χ1) is 9.22. The van der Waals surface area contributed by atoms with Gasteiger partial charge in [-0.15, -0.1) is 0 Å². The Labute approximate surface area is 112 Å². The molecule has 4 rings (SSSR count). The topological polar surface area (TPSA) is 58.4 Å². The third-order valence-electron chi connectivity index (χ3n) is 4.37. The van der Waals surface area contributed by atoms with E-state index >= 15 is 0 Å². The summed E-state index contributed by atoms with van der Waals surface area (Å²) in [6.07, 6.45) is 2.61. The summed E-state index contributed by atoms with van der Waals surface area (Å²) in [5.74, 6) is 0.808. The molecule has 0 radical (unpaired) electrons. The van der Waals surface area contributed by atoms with Crippen LogP contribution in [0.3, 0.4) is 0 Å². The minimum absolute atomic E-state index is 0.159. The molecule has 3 aliphatic heterocycles. The van der Waals surface area contributed by atoms with Gasteiger partial charge in [-0.25, -0.2) is 0 Å². The van der Waals surface area contributed by atoms with Crippen LogP contribution in [0.1, 0.15) is 18.4 Å². The number of fused-ring (bicyclic) bond motifs is 3. The Morgan fingerprint density at radius 3 is 2.47 bits per heavy atom. The van der Waals surface area contributed by atoms with Crippen molar-refractivity contribution in [2.24, 2.45) is 5.92 Å². The van der Waals surface area contributed by atoms with Crippen LogP contribution in [0.4, 0.5) is 5.69 Å². The second-order valence-corrected chi connectivity index (χ2v) is 5.55. The molecular weight excluding hydrogens is 242 g/mol. The number of non-ortho nitro benzene ring substituents is 1. The molecule has 1 N–H and O–H groups in total. The number of piperidine rings is 3. The van der Waals surface area contributed by atoms with Gasteiger partial charge in [0.25, 0.3) is 5.69 Å². The molecular formula is C14H19N3O2. The van der Waals surface area contributed by atoms with Gasteiger partial charge in [0.1, 0.15) is 0 Å². The number of nitrogens with zero attached hydrogens (tertiary/aromatic N) is 2. The molecule has 2 bridgehead atoms. The summed E-state index contributed by atoms with van der Waals surface area (Å²) in [6, 6.07) is 7.41. The largest absolute Gasteiger partial charge is 0.308 e. The number of nitro groups is 1. The predicted molar refractivity (Wildman–Crippen MR) is 72.9 cm³/mol. The van der Waals surface area contributed by atoms with Crippen LogP contribution in [0.2, 0.25) is 0 Å². The van der Waals surface area contributed by atoms with E-state index in [1.807, 2.05) is 12.1 Å². The van der Waals surface area contributed by atoms with E-state index in [-0.39, 0.29) is 10.6 Å². The Bertz CT molecular complexity index is 452. The molecule has 0 aliphatic carbocycles. The van der Waals surface area contributed by atoms with Crippen molar-refractivity contribution >= 4 is 5.69 Å². The molecule has 1 aromatic rings. The van der Waals surface area contributed by atoms with Gasteiger partial charge in [0.2, 0.25) is 0 Å². The van der Waals surface area contributed by atoms with Crippen LogP contribution < -0.4 is 5.32 Å². The molecule has 0 aromatic heterocycles. The van der Waals surface area contributed by atoms with Crippen molar-refractivity contribution in [3.63, 3.8) is 0 Å². The van der Waals surface area contributed by atoms with E-state index in [0.717, 1.165) is 24.6 Å². The summed E-state index contributed by atoms with van der Waals surface area (Å²) in [7, 11) is 0. The maximum absolute atomic E-state index is 10.6. The first kappa shape index (κ1) is 12.6. The van der Waals surface area contributed by atoms with Crippen molar-refractivity contribution in [3.05, 3.63) is 39.9 Å². The van der Waals surface area contributed by atoms with Crippen LogP contribution >= 0.6 is 0 Å². The zero-order chi connectivity index (χ0) is 13.2. The zero-order valence-corrected chi connectivity index (χ0v) is 10.9. The standard InChI is InChI=1S/C14H19N3O2/c18-17(19)13-3-1-11(2-4-13)9-15-14-10-16-7-5-12(14)6-8-16/h1-4,12,14-15H,5-10H2. The van der Waals surface area contributed by atoms with E-state index in [1.165, 1.54) is 25.9 Å². The maximum Gasteiger partial charge on any atom is 0.269 e. The number of benzene rings is 1.